The number of aromatic nitrogens is 3. The number of imidazole rings is 1. The minimum absolute atomic E-state index is 0.0130. The van der Waals surface area contributed by atoms with Gasteiger partial charge in [-0.1, -0.05) is 12.1 Å². The SMILES string of the molecule is CN(Cc1nc2ccccc2n1C(F)F)C(=O)c1sccc1-n1cccc1. The second kappa shape index (κ2) is 6.96. The molecule has 0 fully saturated rings. The number of fused-ring (bicyclic) bond motifs is 1. The van der Waals surface area contributed by atoms with E-state index in [-0.39, 0.29) is 18.3 Å². The van der Waals surface area contributed by atoms with Gasteiger partial charge in [-0.25, -0.2) is 4.98 Å². The number of rotatable bonds is 5. The molecule has 0 aliphatic carbocycles. The molecule has 0 aliphatic rings. The molecule has 3 heterocycles. The van der Waals surface area contributed by atoms with Crippen molar-refractivity contribution in [2.24, 2.45) is 0 Å². The van der Waals surface area contributed by atoms with E-state index in [0.29, 0.717) is 15.9 Å². The van der Waals surface area contributed by atoms with E-state index in [1.165, 1.54) is 16.2 Å². The zero-order chi connectivity index (χ0) is 19.0. The van der Waals surface area contributed by atoms with E-state index in [1.807, 2.05) is 40.5 Å². The number of thiophene rings is 1. The highest BCUT2D eigenvalue weighted by Gasteiger charge is 2.23. The van der Waals surface area contributed by atoms with Crippen molar-refractivity contribution < 1.29 is 13.6 Å². The van der Waals surface area contributed by atoms with Crippen LogP contribution in [0.2, 0.25) is 0 Å². The maximum atomic E-state index is 13.6. The Morgan fingerprint density at radius 2 is 1.93 bits per heavy atom. The largest absolute Gasteiger partial charge is 0.333 e. The molecule has 1 aromatic carbocycles. The molecule has 8 heteroatoms. The minimum Gasteiger partial charge on any atom is -0.333 e. The summed E-state index contributed by atoms with van der Waals surface area (Å²) in [6.07, 6.45) is 3.71. The number of benzene rings is 1. The lowest BCUT2D eigenvalue weighted by Crippen LogP contribution is -2.28. The Kier molecular flexibility index (Phi) is 4.49. The summed E-state index contributed by atoms with van der Waals surface area (Å²) in [6, 6.07) is 12.3. The number of carbonyl (C=O) groups excluding carboxylic acids is 1. The summed E-state index contributed by atoms with van der Waals surface area (Å²) in [6.45, 7) is -2.74. The van der Waals surface area contributed by atoms with Crippen LogP contribution < -0.4 is 0 Å². The minimum atomic E-state index is -2.73. The molecule has 0 saturated heterocycles. The van der Waals surface area contributed by atoms with Crippen LogP contribution in [0.5, 0.6) is 0 Å². The Labute approximate surface area is 158 Å². The fraction of sp³-hybridized carbons (Fsp3) is 0.158. The third-order valence-corrected chi connectivity index (χ3v) is 5.20. The number of nitrogens with zero attached hydrogens (tertiary/aromatic N) is 4. The average Bonchev–Trinajstić information content (AvgIpc) is 3.38. The fourth-order valence-electron chi connectivity index (χ4n) is 3.04. The molecule has 4 rings (SSSR count). The summed E-state index contributed by atoms with van der Waals surface area (Å²) >= 11 is 1.32. The molecule has 27 heavy (non-hydrogen) atoms. The fourth-order valence-corrected chi connectivity index (χ4v) is 3.93. The first kappa shape index (κ1) is 17.4. The highest BCUT2D eigenvalue weighted by atomic mass is 32.1. The first-order valence-corrected chi connectivity index (χ1v) is 9.14. The van der Waals surface area contributed by atoms with Gasteiger partial charge < -0.3 is 9.47 Å². The molecule has 0 atom stereocenters. The monoisotopic (exact) mass is 386 g/mol. The number of amides is 1. The first-order chi connectivity index (χ1) is 13.1. The molecule has 3 aromatic heterocycles. The molecule has 0 unspecified atom stereocenters. The quantitative estimate of drug-likeness (QED) is 0.505. The van der Waals surface area contributed by atoms with Crippen LogP contribution in [0.1, 0.15) is 22.0 Å². The van der Waals surface area contributed by atoms with Crippen LogP contribution >= 0.6 is 11.3 Å². The lowest BCUT2D eigenvalue weighted by molar-refractivity contribution is 0.0648. The molecule has 138 valence electrons. The van der Waals surface area contributed by atoms with Crippen LogP contribution in [0.4, 0.5) is 8.78 Å². The van der Waals surface area contributed by atoms with Crippen LogP contribution in [-0.4, -0.2) is 32.0 Å². The predicted octanol–water partition coefficient (Wildman–Crippen LogP) is 4.56. The van der Waals surface area contributed by atoms with E-state index >= 15 is 0 Å². The summed E-state index contributed by atoms with van der Waals surface area (Å²) in [4.78, 5) is 19.2. The van der Waals surface area contributed by atoms with Crippen molar-refractivity contribution in [2.45, 2.75) is 13.1 Å². The van der Waals surface area contributed by atoms with Gasteiger partial charge in [0.1, 0.15) is 10.7 Å². The number of hydrogen-bond donors (Lipinski definition) is 0. The molecular formula is C19H16F2N4OS. The molecule has 0 aliphatic heterocycles. The van der Waals surface area contributed by atoms with Gasteiger partial charge in [0.15, 0.2) is 0 Å². The number of hydrogen-bond acceptors (Lipinski definition) is 3. The standard InChI is InChI=1S/C19H16F2N4OS/c1-23(18(26)17-15(8-11-27-17)24-9-4-5-10-24)12-16-22-13-6-2-3-7-14(13)25(16)19(20)21/h2-11,19H,12H2,1H3. The normalized spacial score (nSPS) is 11.4. The third-order valence-electron chi connectivity index (χ3n) is 4.31. The van der Waals surface area contributed by atoms with Crippen molar-refractivity contribution in [1.82, 2.24) is 19.0 Å². The maximum Gasteiger partial charge on any atom is 0.320 e. The van der Waals surface area contributed by atoms with E-state index in [9.17, 15) is 13.6 Å². The van der Waals surface area contributed by atoms with Crippen molar-refractivity contribution in [3.05, 3.63) is 70.9 Å². The Balaban J connectivity index is 1.65. The summed E-state index contributed by atoms with van der Waals surface area (Å²) in [5, 5.41) is 1.84. The second-order valence-corrected chi connectivity index (χ2v) is 6.97. The van der Waals surface area contributed by atoms with Gasteiger partial charge in [-0.2, -0.15) is 8.78 Å². The third kappa shape index (κ3) is 3.12. The Morgan fingerprint density at radius 3 is 2.67 bits per heavy atom. The molecule has 0 radical (unpaired) electrons. The molecule has 1 amide bonds. The average molecular weight is 386 g/mol. The number of carbonyl (C=O) groups is 1. The second-order valence-electron chi connectivity index (χ2n) is 6.05. The summed E-state index contributed by atoms with van der Waals surface area (Å²) < 4.78 is 29.9. The highest BCUT2D eigenvalue weighted by molar-refractivity contribution is 7.12. The Morgan fingerprint density at radius 1 is 1.19 bits per heavy atom. The molecule has 0 N–H and O–H groups in total. The molecule has 4 aromatic rings. The van der Waals surface area contributed by atoms with E-state index in [2.05, 4.69) is 4.98 Å². The van der Waals surface area contributed by atoms with Crippen molar-refractivity contribution in [3.63, 3.8) is 0 Å². The maximum absolute atomic E-state index is 13.6. The van der Waals surface area contributed by atoms with Gasteiger partial charge in [-0.15, -0.1) is 11.3 Å². The zero-order valence-electron chi connectivity index (χ0n) is 14.4. The van der Waals surface area contributed by atoms with Crippen LogP contribution in [0, 0.1) is 0 Å². The van der Waals surface area contributed by atoms with Crippen molar-refractivity contribution in [2.75, 3.05) is 7.05 Å². The molecule has 0 saturated carbocycles. The van der Waals surface area contributed by atoms with Crippen molar-refractivity contribution >= 4 is 28.3 Å². The zero-order valence-corrected chi connectivity index (χ0v) is 15.2. The molecule has 5 nitrogen and oxygen atoms in total. The van der Waals surface area contributed by atoms with Crippen LogP contribution in [0.15, 0.2) is 60.2 Å². The van der Waals surface area contributed by atoms with E-state index in [4.69, 9.17) is 0 Å². The predicted molar refractivity (Wildman–Crippen MR) is 100 cm³/mol. The van der Waals surface area contributed by atoms with Gasteiger partial charge in [-0.3, -0.25) is 9.36 Å². The van der Waals surface area contributed by atoms with Gasteiger partial charge in [0.2, 0.25) is 0 Å². The Hall–Kier alpha value is -3.00. The van der Waals surface area contributed by atoms with Crippen LogP contribution in [0.3, 0.4) is 0 Å². The van der Waals surface area contributed by atoms with Crippen molar-refractivity contribution in [1.29, 1.82) is 0 Å². The van der Waals surface area contributed by atoms with Gasteiger partial charge >= 0.3 is 6.55 Å². The van der Waals surface area contributed by atoms with Gasteiger partial charge in [-0.05, 0) is 35.7 Å². The van der Waals surface area contributed by atoms with Crippen LogP contribution in [0.25, 0.3) is 16.7 Å². The smallest absolute Gasteiger partial charge is 0.320 e. The summed E-state index contributed by atoms with van der Waals surface area (Å²) in [5.41, 5.74) is 1.61. The lowest BCUT2D eigenvalue weighted by Gasteiger charge is -2.18. The number of halogens is 2. The van der Waals surface area contributed by atoms with Gasteiger partial charge in [0.05, 0.1) is 23.3 Å². The molecular weight excluding hydrogens is 370 g/mol. The van der Waals surface area contributed by atoms with E-state index in [1.54, 1.807) is 31.3 Å². The van der Waals surface area contributed by atoms with Crippen molar-refractivity contribution in [3.8, 4) is 5.69 Å². The number of para-hydroxylation sites is 2. The Bertz CT molecular complexity index is 1080. The van der Waals surface area contributed by atoms with Crippen LogP contribution in [-0.2, 0) is 6.54 Å². The van der Waals surface area contributed by atoms with E-state index < -0.39 is 6.55 Å². The first-order valence-electron chi connectivity index (χ1n) is 8.26. The van der Waals surface area contributed by atoms with Gasteiger partial charge in [0, 0.05) is 19.4 Å². The van der Waals surface area contributed by atoms with E-state index in [0.717, 1.165) is 10.3 Å². The summed E-state index contributed by atoms with van der Waals surface area (Å²) in [7, 11) is 1.59. The van der Waals surface area contributed by atoms with Gasteiger partial charge in [0.25, 0.3) is 5.91 Å². The lowest BCUT2D eigenvalue weighted by atomic mass is 10.3. The molecule has 0 spiro atoms. The molecule has 0 bridgehead atoms. The topological polar surface area (TPSA) is 43.1 Å². The summed E-state index contributed by atoms with van der Waals surface area (Å²) in [5.74, 6) is -0.0808. The number of alkyl halides is 2. The highest BCUT2D eigenvalue weighted by Crippen LogP contribution is 2.26.